The summed E-state index contributed by atoms with van der Waals surface area (Å²) in [6, 6.07) is 11.1. The van der Waals surface area contributed by atoms with Crippen molar-refractivity contribution in [2.75, 3.05) is 18.7 Å². The van der Waals surface area contributed by atoms with Gasteiger partial charge < -0.3 is 24.5 Å². The van der Waals surface area contributed by atoms with Crippen molar-refractivity contribution in [3.8, 4) is 11.5 Å². The predicted molar refractivity (Wildman–Crippen MR) is 115 cm³/mol. The molecule has 1 atom stereocenters. The van der Waals surface area contributed by atoms with E-state index >= 15 is 0 Å². The first-order valence-corrected chi connectivity index (χ1v) is 10.1. The van der Waals surface area contributed by atoms with Gasteiger partial charge in [-0.05, 0) is 32.0 Å². The molecule has 3 aromatic rings. The van der Waals surface area contributed by atoms with Gasteiger partial charge in [-0.1, -0.05) is 18.2 Å². The number of ketones is 1. The van der Waals surface area contributed by atoms with Crippen LogP contribution in [0.3, 0.4) is 0 Å². The number of anilines is 1. The van der Waals surface area contributed by atoms with Crippen LogP contribution in [0, 0.1) is 0 Å². The second-order valence-corrected chi connectivity index (χ2v) is 7.95. The molecule has 1 fully saturated rings. The molecule has 0 saturated carbocycles. The lowest BCUT2D eigenvalue weighted by Gasteiger charge is -2.19. The van der Waals surface area contributed by atoms with Crippen LogP contribution in [0.2, 0.25) is 0 Å². The minimum atomic E-state index is -1.46. The summed E-state index contributed by atoms with van der Waals surface area (Å²) < 4.78 is 16.4. The zero-order valence-electron chi connectivity index (χ0n) is 17.8. The number of amides is 4. The lowest BCUT2D eigenvalue weighted by atomic mass is 9.99. The van der Waals surface area contributed by atoms with Gasteiger partial charge in [-0.2, -0.15) is 0 Å². The third kappa shape index (κ3) is 3.36. The Labute approximate surface area is 187 Å². The van der Waals surface area contributed by atoms with Gasteiger partial charge in [0.05, 0.1) is 5.69 Å². The first kappa shape index (κ1) is 20.6. The van der Waals surface area contributed by atoms with Gasteiger partial charge in [0.1, 0.15) is 17.9 Å². The van der Waals surface area contributed by atoms with Crippen LogP contribution in [0.1, 0.15) is 30.0 Å². The second-order valence-electron chi connectivity index (χ2n) is 7.95. The minimum absolute atomic E-state index is 0.00685. The van der Waals surface area contributed by atoms with E-state index in [0.717, 1.165) is 10.3 Å². The highest BCUT2D eigenvalue weighted by atomic mass is 16.7. The smallest absolute Gasteiger partial charge is 0.325 e. The van der Waals surface area contributed by atoms with Crippen molar-refractivity contribution in [2.45, 2.75) is 19.4 Å². The summed E-state index contributed by atoms with van der Waals surface area (Å²) in [5.74, 6) is -0.541. The molecule has 1 unspecified atom stereocenters. The normalized spacial score (nSPS) is 19.2. The molecule has 2 aliphatic rings. The highest BCUT2D eigenvalue weighted by molar-refractivity contribution is 6.11. The van der Waals surface area contributed by atoms with Crippen molar-refractivity contribution in [2.24, 2.45) is 0 Å². The topological polar surface area (TPSA) is 127 Å². The maximum absolute atomic E-state index is 13.1. The van der Waals surface area contributed by atoms with E-state index in [1.54, 1.807) is 18.2 Å². The molecule has 0 radical (unpaired) electrons. The van der Waals surface area contributed by atoms with Crippen LogP contribution < -0.4 is 20.1 Å². The van der Waals surface area contributed by atoms with Crippen molar-refractivity contribution >= 4 is 40.3 Å². The van der Waals surface area contributed by atoms with Crippen LogP contribution in [0.25, 0.3) is 11.0 Å². The Bertz CT molecular complexity index is 1310. The molecule has 2 N–H and O–H groups in total. The van der Waals surface area contributed by atoms with Gasteiger partial charge in [-0.25, -0.2) is 4.79 Å². The maximum Gasteiger partial charge on any atom is 0.325 e. The number of Topliss-reactive ketones (excluding diaryl/α,β-unsaturated/α-hetero) is 1. The highest BCUT2D eigenvalue weighted by Gasteiger charge is 2.51. The zero-order chi connectivity index (χ0) is 23.3. The number of nitrogens with one attached hydrogen (secondary N) is 2. The molecule has 2 aliphatic heterocycles. The van der Waals surface area contributed by atoms with Crippen LogP contribution >= 0.6 is 0 Å². The van der Waals surface area contributed by atoms with E-state index in [-0.39, 0.29) is 29.6 Å². The fraction of sp³-hybridized carbons (Fsp3) is 0.217. The summed E-state index contributed by atoms with van der Waals surface area (Å²) in [6.45, 7) is 2.33. The molecule has 33 heavy (non-hydrogen) atoms. The van der Waals surface area contributed by atoms with E-state index < -0.39 is 29.9 Å². The fourth-order valence-electron chi connectivity index (χ4n) is 3.91. The van der Waals surface area contributed by atoms with Crippen LogP contribution in [-0.2, 0) is 15.1 Å². The molecular weight excluding hydrogens is 430 g/mol. The summed E-state index contributed by atoms with van der Waals surface area (Å²) in [5, 5.41) is 5.98. The number of ether oxygens (including phenoxy) is 2. The molecule has 1 aromatic heterocycles. The van der Waals surface area contributed by atoms with Gasteiger partial charge >= 0.3 is 6.03 Å². The summed E-state index contributed by atoms with van der Waals surface area (Å²) in [6.07, 6.45) is 0. The number of benzene rings is 2. The van der Waals surface area contributed by atoms with E-state index in [9.17, 15) is 19.2 Å². The fourth-order valence-corrected chi connectivity index (χ4v) is 3.91. The van der Waals surface area contributed by atoms with Crippen molar-refractivity contribution < 1.29 is 33.1 Å². The Kier molecular flexibility index (Phi) is 4.59. The maximum atomic E-state index is 13.1. The number of para-hydroxylation sites is 1. The summed E-state index contributed by atoms with van der Waals surface area (Å²) in [5.41, 5.74) is -0.466. The predicted octanol–water partition coefficient (Wildman–Crippen LogP) is 2.77. The number of urea groups is 1. The van der Waals surface area contributed by atoms with Gasteiger partial charge in [0.15, 0.2) is 22.8 Å². The second kappa shape index (κ2) is 7.37. The molecule has 10 nitrogen and oxygen atoms in total. The van der Waals surface area contributed by atoms with Crippen LogP contribution in [0.4, 0.5) is 10.5 Å². The Morgan fingerprint density at radius 3 is 2.58 bits per heavy atom. The van der Waals surface area contributed by atoms with E-state index in [2.05, 4.69) is 10.6 Å². The molecule has 4 amide bonds. The van der Waals surface area contributed by atoms with E-state index in [1.807, 2.05) is 12.1 Å². The molecule has 1 saturated heterocycles. The van der Waals surface area contributed by atoms with Gasteiger partial charge in [-0.15, -0.1) is 0 Å². The van der Waals surface area contributed by atoms with Crippen LogP contribution in [-0.4, -0.2) is 41.9 Å². The largest absolute Gasteiger partial charge is 0.458 e. The number of furan rings is 1. The SMILES string of the molecule is CC(=O)c1cc2c(cc1NC(=O)CN1C(=O)NC(C)(c3cc4ccccc4o3)C1=O)OCO2. The number of rotatable bonds is 5. The molecule has 168 valence electrons. The van der Waals surface area contributed by atoms with Crippen molar-refractivity contribution in [3.63, 3.8) is 0 Å². The van der Waals surface area contributed by atoms with Gasteiger partial charge in [0, 0.05) is 17.0 Å². The third-order valence-electron chi connectivity index (χ3n) is 5.66. The minimum Gasteiger partial charge on any atom is -0.458 e. The average Bonchev–Trinajstić information content (AvgIpc) is 3.46. The number of carbonyl (C=O) groups excluding carboxylic acids is 4. The Morgan fingerprint density at radius 1 is 1.12 bits per heavy atom. The van der Waals surface area contributed by atoms with Gasteiger partial charge in [-0.3, -0.25) is 19.3 Å². The summed E-state index contributed by atoms with van der Waals surface area (Å²) in [4.78, 5) is 51.3. The van der Waals surface area contributed by atoms with Crippen LogP contribution in [0.15, 0.2) is 46.9 Å². The Morgan fingerprint density at radius 2 is 1.85 bits per heavy atom. The van der Waals surface area contributed by atoms with E-state index in [4.69, 9.17) is 13.9 Å². The lowest BCUT2D eigenvalue weighted by molar-refractivity contribution is -0.134. The molecular formula is C23H19N3O7. The molecule has 10 heteroatoms. The summed E-state index contributed by atoms with van der Waals surface area (Å²) >= 11 is 0. The number of hydrogen-bond acceptors (Lipinski definition) is 7. The van der Waals surface area contributed by atoms with Gasteiger partial charge in [0.25, 0.3) is 5.91 Å². The van der Waals surface area contributed by atoms with E-state index in [1.165, 1.54) is 26.0 Å². The van der Waals surface area contributed by atoms with Crippen LogP contribution in [0.5, 0.6) is 11.5 Å². The highest BCUT2D eigenvalue weighted by Crippen LogP contribution is 2.37. The number of hydrogen-bond donors (Lipinski definition) is 2. The van der Waals surface area contributed by atoms with Crippen molar-refractivity contribution in [3.05, 3.63) is 53.8 Å². The van der Waals surface area contributed by atoms with Crippen molar-refractivity contribution in [1.82, 2.24) is 10.2 Å². The Hall–Kier alpha value is -4.34. The number of nitrogens with zero attached hydrogens (tertiary/aromatic N) is 1. The molecule has 2 aromatic carbocycles. The number of imide groups is 1. The van der Waals surface area contributed by atoms with Gasteiger partial charge in [0.2, 0.25) is 12.7 Å². The Balaban J connectivity index is 1.37. The molecule has 5 rings (SSSR count). The van der Waals surface area contributed by atoms with E-state index in [0.29, 0.717) is 17.1 Å². The molecule has 0 aliphatic carbocycles. The number of carbonyl (C=O) groups is 4. The summed E-state index contributed by atoms with van der Waals surface area (Å²) in [7, 11) is 0. The molecule has 0 bridgehead atoms. The standard InChI is InChI=1S/C23H19N3O7/c1-12(27)14-8-17-18(32-11-31-17)9-15(14)24-20(28)10-26-21(29)23(2,25-22(26)30)19-7-13-5-3-4-6-16(13)33-19/h3-9H,10-11H2,1-2H3,(H,24,28)(H,25,30). The lowest BCUT2D eigenvalue weighted by Crippen LogP contribution is -2.42. The number of fused-ring (bicyclic) bond motifs is 2. The third-order valence-corrected chi connectivity index (χ3v) is 5.66. The average molecular weight is 449 g/mol. The zero-order valence-corrected chi connectivity index (χ0v) is 17.8. The molecule has 3 heterocycles. The quantitative estimate of drug-likeness (QED) is 0.453. The first-order valence-electron chi connectivity index (χ1n) is 10.1. The monoisotopic (exact) mass is 449 g/mol. The molecule has 0 spiro atoms. The van der Waals surface area contributed by atoms with Crippen molar-refractivity contribution in [1.29, 1.82) is 0 Å². The first-order chi connectivity index (χ1) is 15.8.